The monoisotopic (exact) mass is 870 g/mol. The van der Waals surface area contributed by atoms with Crippen molar-refractivity contribution in [1.82, 2.24) is 0 Å². The van der Waals surface area contributed by atoms with E-state index in [4.69, 9.17) is 22.9 Å². The van der Waals surface area contributed by atoms with Crippen LogP contribution in [0.3, 0.4) is 0 Å². The molecule has 1 aliphatic rings. The first-order valence-corrected chi connectivity index (χ1v) is 24.1. The van der Waals surface area contributed by atoms with Crippen molar-refractivity contribution in [3.63, 3.8) is 0 Å². The third kappa shape index (κ3) is 22.7. The molecule has 0 aromatic carbocycles. The van der Waals surface area contributed by atoms with Gasteiger partial charge < -0.3 is 47.6 Å². The highest BCUT2D eigenvalue weighted by Gasteiger charge is 2.39. The molecule has 1 heterocycles. The molecular weight excluding hydrogens is 789 g/mol. The maximum Gasteiger partial charge on any atom is 0.310 e. The number of rotatable bonds is 33. The van der Waals surface area contributed by atoms with Gasteiger partial charge in [-0.05, 0) is 63.0 Å². The Labute approximate surface area is 361 Å². The summed E-state index contributed by atoms with van der Waals surface area (Å²) in [5.41, 5.74) is 2.59. The molecule has 1 saturated carbocycles. The maximum absolute atomic E-state index is 12.9. The number of esters is 2. The third-order valence-corrected chi connectivity index (χ3v) is 12.2. The van der Waals surface area contributed by atoms with Crippen molar-refractivity contribution in [3.05, 3.63) is 47.0 Å². The molecule has 1 aliphatic carbocycles. The normalized spacial score (nSPS) is 20.5. The van der Waals surface area contributed by atoms with E-state index >= 15 is 0 Å². The number of likely N-dealkylation sites (N-methyl/N-ethyl adjacent to an activating group) is 1. The van der Waals surface area contributed by atoms with Gasteiger partial charge in [-0.2, -0.15) is 0 Å². The number of phosphoric ester groups is 1. The zero-order valence-electron chi connectivity index (χ0n) is 37.9. The number of hydrogen-bond acceptors (Lipinski definition) is 12. The van der Waals surface area contributed by atoms with Gasteiger partial charge in [-0.3, -0.25) is 14.2 Å². The molecule has 1 fully saturated rings. The number of carbonyl (C=O) groups is 2. The standard InChI is InChI=1S/C46H80NO12P/c1-8-10-17-23-37(48)28-29-40-39(41(49)32-42(40)50)24-20-21-27-46(52)58-38(34-57-60(53,54)56-31-30-47(5,6)7)33-55-45(51)26-19-16-14-12-11-13-15-18-25-44-36(4)35(3)43(59-44)22-9-2/h20-21,28-29,37-42,48-50H,8-19,22-27,30-34H2,1-7H3/b21-20-,29-28+/t37-,38-,39+,40-,41+,42-/m1/s1. The van der Waals surface area contributed by atoms with Crippen LogP contribution < -0.4 is 4.89 Å². The first kappa shape index (κ1) is 53.8. The molecule has 60 heavy (non-hydrogen) atoms. The predicted molar refractivity (Wildman–Crippen MR) is 232 cm³/mol. The van der Waals surface area contributed by atoms with Crippen LogP contribution in [0.2, 0.25) is 0 Å². The molecule has 0 bridgehead atoms. The summed E-state index contributed by atoms with van der Waals surface area (Å²) in [6.07, 6.45) is 19.0. The molecule has 0 aliphatic heterocycles. The molecule has 0 amide bonds. The summed E-state index contributed by atoms with van der Waals surface area (Å²) in [7, 11) is 0.948. The fourth-order valence-corrected chi connectivity index (χ4v) is 8.11. The molecule has 346 valence electrons. The average Bonchev–Trinajstić information content (AvgIpc) is 3.60. The Balaban J connectivity index is 1.79. The summed E-state index contributed by atoms with van der Waals surface area (Å²) in [6, 6.07) is 0. The van der Waals surface area contributed by atoms with E-state index in [0.29, 0.717) is 30.3 Å². The van der Waals surface area contributed by atoms with E-state index < -0.39 is 50.8 Å². The summed E-state index contributed by atoms with van der Waals surface area (Å²) >= 11 is 0. The quantitative estimate of drug-likeness (QED) is 0.0205. The number of carbonyl (C=O) groups excluding carboxylic acids is 2. The number of nitrogens with zero attached hydrogens (tertiary/aromatic N) is 1. The number of aliphatic hydroxyl groups is 3. The Hall–Kier alpha value is -2.35. The molecule has 0 radical (unpaired) electrons. The number of aryl methyl sites for hydroxylation is 2. The van der Waals surface area contributed by atoms with Gasteiger partial charge in [0.25, 0.3) is 7.82 Å². The number of aliphatic hydroxyl groups excluding tert-OH is 3. The van der Waals surface area contributed by atoms with Crippen LogP contribution in [0.15, 0.2) is 28.7 Å². The van der Waals surface area contributed by atoms with Crippen molar-refractivity contribution in [2.45, 2.75) is 174 Å². The van der Waals surface area contributed by atoms with Crippen LogP contribution in [0.25, 0.3) is 0 Å². The molecule has 0 spiro atoms. The lowest BCUT2D eigenvalue weighted by molar-refractivity contribution is -0.870. The van der Waals surface area contributed by atoms with E-state index in [0.717, 1.165) is 95.0 Å². The second-order valence-electron chi connectivity index (χ2n) is 17.6. The van der Waals surface area contributed by atoms with Crippen LogP contribution in [-0.2, 0) is 45.5 Å². The van der Waals surface area contributed by atoms with E-state index in [-0.39, 0.29) is 44.3 Å². The van der Waals surface area contributed by atoms with Gasteiger partial charge in [0.2, 0.25) is 0 Å². The smallest absolute Gasteiger partial charge is 0.310 e. The molecule has 14 heteroatoms. The second-order valence-corrected chi connectivity index (χ2v) is 19.0. The number of phosphoric acid groups is 1. The summed E-state index contributed by atoms with van der Waals surface area (Å²) in [5.74, 6) is 0.456. The zero-order chi connectivity index (χ0) is 44.6. The highest BCUT2D eigenvalue weighted by atomic mass is 31.2. The summed E-state index contributed by atoms with van der Waals surface area (Å²) in [6.45, 7) is 7.93. The topological polar surface area (TPSA) is 185 Å². The van der Waals surface area contributed by atoms with Crippen molar-refractivity contribution in [3.8, 4) is 0 Å². The lowest BCUT2D eigenvalue weighted by atomic mass is 9.89. The molecule has 1 unspecified atom stereocenters. The first-order chi connectivity index (χ1) is 28.5. The Bertz CT molecular complexity index is 1470. The number of allylic oxidation sites excluding steroid dienone is 1. The Morgan fingerprint density at radius 3 is 2.15 bits per heavy atom. The van der Waals surface area contributed by atoms with Gasteiger partial charge >= 0.3 is 11.9 Å². The minimum Gasteiger partial charge on any atom is -0.756 e. The lowest BCUT2D eigenvalue weighted by Crippen LogP contribution is -2.37. The largest absolute Gasteiger partial charge is 0.756 e. The Morgan fingerprint density at radius 2 is 1.50 bits per heavy atom. The van der Waals surface area contributed by atoms with Crippen LogP contribution >= 0.6 is 7.82 Å². The van der Waals surface area contributed by atoms with Crippen molar-refractivity contribution in [1.29, 1.82) is 0 Å². The minimum absolute atomic E-state index is 0.0947. The minimum atomic E-state index is -4.73. The highest BCUT2D eigenvalue weighted by molar-refractivity contribution is 7.45. The van der Waals surface area contributed by atoms with E-state index in [9.17, 15) is 34.4 Å². The number of hydrogen-bond donors (Lipinski definition) is 3. The fraction of sp³-hybridized carbons (Fsp3) is 0.783. The molecule has 2 rings (SSSR count). The fourth-order valence-electron chi connectivity index (χ4n) is 7.38. The first-order valence-electron chi connectivity index (χ1n) is 22.7. The van der Waals surface area contributed by atoms with Crippen LogP contribution in [0.5, 0.6) is 0 Å². The van der Waals surface area contributed by atoms with E-state index in [2.05, 4.69) is 27.7 Å². The maximum atomic E-state index is 12.9. The van der Waals surface area contributed by atoms with E-state index in [1.54, 1.807) is 24.3 Å². The number of furan rings is 1. The van der Waals surface area contributed by atoms with Crippen molar-refractivity contribution in [2.75, 3.05) is 47.5 Å². The van der Waals surface area contributed by atoms with Crippen molar-refractivity contribution >= 4 is 19.8 Å². The molecule has 7 atom stereocenters. The van der Waals surface area contributed by atoms with Gasteiger partial charge in [-0.15, -0.1) is 0 Å². The predicted octanol–water partition coefficient (Wildman–Crippen LogP) is 7.76. The molecule has 1 aromatic heterocycles. The zero-order valence-corrected chi connectivity index (χ0v) is 38.8. The van der Waals surface area contributed by atoms with Crippen molar-refractivity contribution in [2.24, 2.45) is 11.8 Å². The molecule has 1 aromatic rings. The van der Waals surface area contributed by atoms with E-state index in [1.807, 2.05) is 21.1 Å². The SMILES string of the molecule is CCCCC[C@@H](O)/C=C/[C@@H]1[C@H](C/C=C\CC(=O)O[C@H](COC(=O)CCCCCCCCCCc2oc(CCC)c(C)c2C)COP(=O)([O-])OCC[N+](C)(C)C)[C@@H](O)C[C@H]1O. The van der Waals surface area contributed by atoms with Crippen molar-refractivity contribution < 1.29 is 61.8 Å². The van der Waals surface area contributed by atoms with Gasteiger partial charge in [0, 0.05) is 31.6 Å². The summed E-state index contributed by atoms with van der Waals surface area (Å²) < 4.78 is 40.0. The number of ether oxygens (including phenoxy) is 2. The molecule has 0 saturated heterocycles. The molecule has 3 N–H and O–H groups in total. The Kier molecular flexibility index (Phi) is 26.1. The van der Waals surface area contributed by atoms with Gasteiger partial charge in [0.05, 0.1) is 52.5 Å². The summed E-state index contributed by atoms with van der Waals surface area (Å²) in [4.78, 5) is 37.9. The second kappa shape index (κ2) is 29.1. The molecule has 13 nitrogen and oxygen atoms in total. The Morgan fingerprint density at radius 1 is 0.850 bits per heavy atom. The average molecular weight is 870 g/mol. The van der Waals surface area contributed by atoms with Gasteiger partial charge in [0.1, 0.15) is 31.3 Å². The number of quaternary nitrogens is 1. The highest BCUT2D eigenvalue weighted by Crippen LogP contribution is 2.39. The van der Waals surface area contributed by atoms with Gasteiger partial charge in [-0.25, -0.2) is 0 Å². The van der Waals surface area contributed by atoms with Gasteiger partial charge in [0.15, 0.2) is 6.10 Å². The van der Waals surface area contributed by atoms with Crippen LogP contribution in [-0.4, -0.2) is 104 Å². The summed E-state index contributed by atoms with van der Waals surface area (Å²) in [5, 5.41) is 31.5. The van der Waals surface area contributed by atoms with Gasteiger partial charge in [-0.1, -0.05) is 95.9 Å². The van der Waals surface area contributed by atoms with E-state index in [1.165, 1.54) is 11.1 Å². The lowest BCUT2D eigenvalue weighted by Gasteiger charge is -2.28. The molecular formula is C46H80NO12P. The number of unbranched alkanes of at least 4 members (excludes halogenated alkanes) is 9. The van der Waals surface area contributed by atoms with Crippen LogP contribution in [0, 0.1) is 25.7 Å². The van der Waals surface area contributed by atoms with Crippen LogP contribution in [0.1, 0.15) is 146 Å². The third-order valence-electron chi connectivity index (χ3n) is 11.2. The van der Waals surface area contributed by atoms with Crippen LogP contribution in [0.4, 0.5) is 0 Å².